The van der Waals surface area contributed by atoms with E-state index in [9.17, 15) is 9.59 Å². The van der Waals surface area contributed by atoms with E-state index in [0.717, 1.165) is 42.7 Å². The van der Waals surface area contributed by atoms with Crippen LogP contribution < -0.4 is 15.4 Å². The minimum absolute atomic E-state index is 0.00442. The van der Waals surface area contributed by atoms with Gasteiger partial charge in [-0.15, -0.1) is 0 Å². The lowest BCUT2D eigenvalue weighted by Crippen LogP contribution is -2.35. The maximum Gasteiger partial charge on any atom is 0.227 e. The number of ether oxygens (including phenoxy) is 1. The number of carbonyl (C=O) groups excluding carboxylic acids is 2. The zero-order valence-electron chi connectivity index (χ0n) is 17.2. The molecule has 1 saturated carbocycles. The van der Waals surface area contributed by atoms with Crippen LogP contribution in [-0.4, -0.2) is 17.9 Å². The minimum atomic E-state index is -0.0419. The number of anilines is 1. The van der Waals surface area contributed by atoms with Gasteiger partial charge in [0.1, 0.15) is 5.75 Å². The van der Waals surface area contributed by atoms with Gasteiger partial charge >= 0.3 is 0 Å². The van der Waals surface area contributed by atoms with E-state index in [1.807, 2.05) is 68.4 Å². The molecule has 0 aliphatic heterocycles. The maximum atomic E-state index is 12.6. The van der Waals surface area contributed by atoms with Gasteiger partial charge in [0.2, 0.25) is 11.8 Å². The molecule has 0 aromatic heterocycles. The molecule has 29 heavy (non-hydrogen) atoms. The lowest BCUT2D eigenvalue weighted by atomic mass is 9.81. The summed E-state index contributed by atoms with van der Waals surface area (Å²) >= 11 is 0. The summed E-state index contributed by atoms with van der Waals surface area (Å²) in [6, 6.07) is 17.4. The first-order chi connectivity index (χ1) is 14.0. The van der Waals surface area contributed by atoms with Gasteiger partial charge in [-0.25, -0.2) is 0 Å². The Morgan fingerprint density at radius 3 is 2.07 bits per heavy atom. The van der Waals surface area contributed by atoms with Crippen LogP contribution in [0.3, 0.4) is 0 Å². The molecule has 0 unspecified atom stereocenters. The van der Waals surface area contributed by atoms with Crippen molar-refractivity contribution in [3.63, 3.8) is 0 Å². The van der Waals surface area contributed by atoms with Crippen LogP contribution in [-0.2, 0) is 16.1 Å². The first kappa shape index (κ1) is 20.9. The summed E-state index contributed by atoms with van der Waals surface area (Å²) in [5.41, 5.74) is 1.87. The summed E-state index contributed by atoms with van der Waals surface area (Å²) in [7, 11) is 0. The van der Waals surface area contributed by atoms with E-state index < -0.39 is 0 Å². The van der Waals surface area contributed by atoms with E-state index in [1.54, 1.807) is 0 Å². The molecule has 2 N–H and O–H groups in total. The second kappa shape index (κ2) is 10.1. The van der Waals surface area contributed by atoms with Crippen molar-refractivity contribution >= 4 is 17.5 Å². The molecule has 1 fully saturated rings. The van der Waals surface area contributed by atoms with Crippen molar-refractivity contribution in [2.24, 2.45) is 11.8 Å². The minimum Gasteiger partial charge on any atom is -0.491 e. The first-order valence-corrected chi connectivity index (χ1v) is 10.4. The van der Waals surface area contributed by atoms with Gasteiger partial charge in [-0.05, 0) is 69.4 Å². The van der Waals surface area contributed by atoms with Gasteiger partial charge in [-0.3, -0.25) is 9.59 Å². The van der Waals surface area contributed by atoms with Gasteiger partial charge in [-0.2, -0.15) is 0 Å². The molecule has 0 radical (unpaired) electrons. The third-order valence-electron chi connectivity index (χ3n) is 5.27. The van der Waals surface area contributed by atoms with E-state index in [4.69, 9.17) is 4.74 Å². The van der Waals surface area contributed by atoms with Crippen molar-refractivity contribution in [2.75, 3.05) is 5.32 Å². The quantitative estimate of drug-likeness (QED) is 0.725. The number of benzene rings is 2. The molecule has 2 aromatic carbocycles. The molecule has 2 amide bonds. The predicted octanol–water partition coefficient (Wildman–Crippen LogP) is 4.54. The normalized spacial score (nSPS) is 18.9. The highest BCUT2D eigenvalue weighted by Gasteiger charge is 2.29. The molecular formula is C24H30N2O3. The molecule has 0 spiro atoms. The first-order valence-electron chi connectivity index (χ1n) is 10.4. The maximum absolute atomic E-state index is 12.6. The summed E-state index contributed by atoms with van der Waals surface area (Å²) in [6.07, 6.45) is 3.10. The summed E-state index contributed by atoms with van der Waals surface area (Å²) < 4.78 is 5.62. The smallest absolute Gasteiger partial charge is 0.227 e. The molecule has 0 bridgehead atoms. The molecule has 5 nitrogen and oxygen atoms in total. The van der Waals surface area contributed by atoms with Gasteiger partial charge in [-0.1, -0.05) is 30.3 Å². The fraction of sp³-hybridized carbons (Fsp3) is 0.417. The Labute approximate surface area is 172 Å². The average Bonchev–Trinajstić information content (AvgIpc) is 2.74. The summed E-state index contributed by atoms with van der Waals surface area (Å²) in [5, 5.41) is 6.01. The van der Waals surface area contributed by atoms with Crippen LogP contribution in [0.2, 0.25) is 0 Å². The third-order valence-corrected chi connectivity index (χ3v) is 5.27. The fourth-order valence-electron chi connectivity index (χ4n) is 3.68. The molecular weight excluding hydrogens is 364 g/mol. The van der Waals surface area contributed by atoms with Crippen LogP contribution in [0.25, 0.3) is 0 Å². The number of hydrogen-bond donors (Lipinski definition) is 2. The number of rotatable bonds is 7. The Balaban J connectivity index is 1.42. The van der Waals surface area contributed by atoms with Gasteiger partial charge in [0.05, 0.1) is 6.10 Å². The number of amides is 2. The van der Waals surface area contributed by atoms with Crippen molar-refractivity contribution in [2.45, 2.75) is 52.2 Å². The van der Waals surface area contributed by atoms with Crippen LogP contribution in [0.15, 0.2) is 54.6 Å². The summed E-state index contributed by atoms with van der Waals surface area (Å²) in [5.74, 6) is 0.870. The second-order valence-corrected chi connectivity index (χ2v) is 7.93. The van der Waals surface area contributed by atoms with Crippen molar-refractivity contribution in [1.29, 1.82) is 0 Å². The summed E-state index contributed by atoms with van der Waals surface area (Å²) in [4.78, 5) is 25.0. The van der Waals surface area contributed by atoms with E-state index in [0.29, 0.717) is 6.54 Å². The fourth-order valence-corrected chi connectivity index (χ4v) is 3.68. The van der Waals surface area contributed by atoms with Crippen LogP contribution >= 0.6 is 0 Å². The zero-order chi connectivity index (χ0) is 20.6. The molecule has 2 aromatic rings. The molecule has 0 saturated heterocycles. The zero-order valence-corrected chi connectivity index (χ0v) is 17.2. The van der Waals surface area contributed by atoms with Crippen molar-refractivity contribution in [3.05, 3.63) is 60.2 Å². The van der Waals surface area contributed by atoms with Gasteiger partial charge < -0.3 is 15.4 Å². The topological polar surface area (TPSA) is 67.4 Å². The molecule has 1 aliphatic carbocycles. The van der Waals surface area contributed by atoms with Crippen molar-refractivity contribution < 1.29 is 14.3 Å². The highest BCUT2D eigenvalue weighted by atomic mass is 16.5. The molecule has 0 atom stereocenters. The van der Waals surface area contributed by atoms with E-state index in [-0.39, 0.29) is 29.8 Å². The summed E-state index contributed by atoms with van der Waals surface area (Å²) in [6.45, 7) is 4.51. The van der Waals surface area contributed by atoms with Crippen molar-refractivity contribution in [1.82, 2.24) is 5.32 Å². The number of hydrogen-bond acceptors (Lipinski definition) is 3. The highest BCUT2D eigenvalue weighted by Crippen LogP contribution is 2.30. The second-order valence-electron chi connectivity index (χ2n) is 7.93. The largest absolute Gasteiger partial charge is 0.491 e. The number of carbonyl (C=O) groups is 2. The average molecular weight is 395 g/mol. The standard InChI is InChI=1S/C24H30N2O3/c1-17(2)29-22-14-12-21(13-15-22)26-24(28)20-10-8-19(9-11-20)23(27)25-16-18-6-4-3-5-7-18/h3-7,12-15,17,19-20H,8-11,16H2,1-2H3,(H,25,27)(H,26,28). The highest BCUT2D eigenvalue weighted by molar-refractivity contribution is 5.92. The molecule has 5 heteroatoms. The molecule has 1 aliphatic rings. The SMILES string of the molecule is CC(C)Oc1ccc(NC(=O)C2CCC(C(=O)NCc3ccccc3)CC2)cc1. The Morgan fingerprint density at radius 2 is 1.48 bits per heavy atom. The Morgan fingerprint density at radius 1 is 0.897 bits per heavy atom. The van der Waals surface area contributed by atoms with Gasteiger partial charge in [0.15, 0.2) is 0 Å². The Kier molecular flexibility index (Phi) is 7.28. The van der Waals surface area contributed by atoms with Gasteiger partial charge in [0, 0.05) is 24.1 Å². The predicted molar refractivity (Wildman–Crippen MR) is 115 cm³/mol. The van der Waals surface area contributed by atoms with Crippen LogP contribution in [0, 0.1) is 11.8 Å². The lowest BCUT2D eigenvalue weighted by Gasteiger charge is -2.27. The Hall–Kier alpha value is -2.82. The van der Waals surface area contributed by atoms with Crippen LogP contribution in [0.5, 0.6) is 5.75 Å². The molecule has 154 valence electrons. The van der Waals surface area contributed by atoms with E-state index in [1.165, 1.54) is 0 Å². The van der Waals surface area contributed by atoms with Crippen molar-refractivity contribution in [3.8, 4) is 5.75 Å². The Bertz CT molecular complexity index is 795. The lowest BCUT2D eigenvalue weighted by molar-refractivity contribution is -0.128. The van der Waals surface area contributed by atoms with Crippen LogP contribution in [0.1, 0.15) is 45.1 Å². The van der Waals surface area contributed by atoms with E-state index in [2.05, 4.69) is 10.6 Å². The van der Waals surface area contributed by atoms with Gasteiger partial charge in [0.25, 0.3) is 0 Å². The molecule has 0 heterocycles. The number of nitrogens with one attached hydrogen (secondary N) is 2. The molecule has 3 rings (SSSR count). The van der Waals surface area contributed by atoms with Crippen LogP contribution in [0.4, 0.5) is 5.69 Å². The third kappa shape index (κ3) is 6.34. The monoisotopic (exact) mass is 394 g/mol. The van der Waals surface area contributed by atoms with E-state index >= 15 is 0 Å².